The molecule has 89 heavy (non-hydrogen) atoms. The summed E-state index contributed by atoms with van der Waals surface area (Å²) in [6.07, 6.45) is 1.96. The van der Waals surface area contributed by atoms with E-state index in [1.807, 2.05) is 12.3 Å². The number of nitrogens with zero attached hydrogens (tertiary/aromatic N) is 4. The van der Waals surface area contributed by atoms with Gasteiger partial charge in [0.15, 0.2) is 8.07 Å². The molecule has 12 aromatic rings. The van der Waals surface area contributed by atoms with Crippen LogP contribution in [0.15, 0.2) is 231 Å². The summed E-state index contributed by atoms with van der Waals surface area (Å²) in [7, 11) is -2.95. The smallest absolute Gasteiger partial charge is 0.180 e. The molecule has 0 radical (unpaired) electrons. The zero-order chi connectivity index (χ0) is 61.1. The predicted octanol–water partition coefficient (Wildman–Crippen LogP) is 18.9. The average molecular weight is 1360 g/mol. The van der Waals surface area contributed by atoms with E-state index in [2.05, 4.69) is 335 Å². The van der Waals surface area contributed by atoms with E-state index in [4.69, 9.17) is 9.72 Å². The molecule has 2 aliphatic rings. The standard InChI is InChI=1S/C82H75N4OSi.Pt/c1-79(2,3)56-38-42-70-73(49-56)84(53-85(70)77-65(54-26-16-13-17-27-54)35-25-36-66(77)55-46-58(81(7,8)9)48-59(47-55)82(10,11)12)60-28-24-29-61(51-60)87-62-39-40-69-72(52-62)86(75-50-57(44-45-83-75)80(4,5)6)71-43-41-68-67-34-22-23-37-74(67)88(78(68)76(69)71,63-30-18-14-19-31-63)64-32-20-15-21-33-64;/h13-50,53H,1-12H3;/q-3;. The molecular formula is C82H75N4OPtSi-3. The number of hydrogen-bond donors (Lipinski definition) is 0. The summed E-state index contributed by atoms with van der Waals surface area (Å²) in [5.41, 5.74) is 18.1. The molecule has 446 valence electrons. The summed E-state index contributed by atoms with van der Waals surface area (Å²) in [4.78, 5) is 9.89. The number of para-hydroxylation sites is 1. The molecular weight excluding hydrogens is 1280 g/mol. The summed E-state index contributed by atoms with van der Waals surface area (Å²) in [6.45, 7) is 29.8. The fourth-order valence-electron chi connectivity index (χ4n) is 13.5. The van der Waals surface area contributed by atoms with Crippen LogP contribution in [0.4, 0.5) is 22.7 Å². The third kappa shape index (κ3) is 10.3. The maximum atomic E-state index is 7.09. The van der Waals surface area contributed by atoms with Crippen LogP contribution in [0.2, 0.25) is 0 Å². The van der Waals surface area contributed by atoms with Crippen molar-refractivity contribution < 1.29 is 25.8 Å². The molecule has 5 nitrogen and oxygen atoms in total. The van der Waals surface area contributed by atoms with Gasteiger partial charge in [0.1, 0.15) is 5.82 Å². The van der Waals surface area contributed by atoms with Gasteiger partial charge >= 0.3 is 0 Å². The Morgan fingerprint density at radius 3 is 1.66 bits per heavy atom. The SMILES string of the molecule is CC(C)(C)c1cc(-c2cccc(-c3ccccc3)c2N2[CH-]N(c3[c-]c(Oc4[c-]c5c(cc4)c4c6c(ccc4n5-c4cc(C(C)(C)C)ccn4)-c4ccccc4[Si]6(c4ccccc4)c4ccccc4)ccc3)c3cc(C(C)(C)C)ccc32)cc(C(C)(C)C)c1.[Pt]. The number of fused-ring (bicyclic) bond motifs is 8. The Kier molecular flexibility index (Phi) is 14.8. The minimum Gasteiger partial charge on any atom is -0.509 e. The van der Waals surface area contributed by atoms with E-state index in [0.717, 1.165) is 61.7 Å². The monoisotopic (exact) mass is 1350 g/mol. The number of anilines is 4. The van der Waals surface area contributed by atoms with Crippen LogP contribution < -0.4 is 35.3 Å². The number of benzene rings is 10. The molecule has 0 unspecified atom stereocenters. The molecule has 10 aromatic carbocycles. The molecule has 4 heterocycles. The molecule has 2 aliphatic heterocycles. The normalized spacial score (nSPS) is 13.8. The van der Waals surface area contributed by atoms with Gasteiger partial charge < -0.3 is 19.1 Å². The average Bonchev–Trinajstić information content (AvgIpc) is 1.53. The summed E-state index contributed by atoms with van der Waals surface area (Å²) in [5.74, 6) is 2.01. The van der Waals surface area contributed by atoms with Crippen molar-refractivity contribution in [2.24, 2.45) is 0 Å². The van der Waals surface area contributed by atoms with Crippen molar-refractivity contribution in [1.29, 1.82) is 0 Å². The Morgan fingerprint density at radius 2 is 1.01 bits per heavy atom. The van der Waals surface area contributed by atoms with Crippen molar-refractivity contribution in [3.63, 3.8) is 0 Å². The Hall–Kier alpha value is -8.54. The van der Waals surface area contributed by atoms with Gasteiger partial charge in [-0.15, -0.1) is 48.1 Å². The van der Waals surface area contributed by atoms with Gasteiger partial charge in [0, 0.05) is 72.5 Å². The Bertz CT molecular complexity index is 4600. The van der Waals surface area contributed by atoms with Crippen LogP contribution in [0.25, 0.3) is 61.0 Å². The second-order valence-electron chi connectivity index (χ2n) is 28.2. The molecule has 14 rings (SSSR count). The van der Waals surface area contributed by atoms with Gasteiger partial charge in [0.05, 0.1) is 0 Å². The second kappa shape index (κ2) is 22.2. The quantitative estimate of drug-likeness (QED) is 0.107. The summed E-state index contributed by atoms with van der Waals surface area (Å²) in [6, 6.07) is 90.9. The van der Waals surface area contributed by atoms with Crippen molar-refractivity contribution >= 4 is 73.4 Å². The van der Waals surface area contributed by atoms with Crippen LogP contribution in [-0.2, 0) is 42.7 Å². The first-order valence-electron chi connectivity index (χ1n) is 31.0. The Labute approximate surface area is 542 Å². The molecule has 0 saturated carbocycles. The van der Waals surface area contributed by atoms with Crippen molar-refractivity contribution in [3.8, 4) is 50.7 Å². The molecule has 0 saturated heterocycles. The van der Waals surface area contributed by atoms with Crippen LogP contribution in [0.5, 0.6) is 11.5 Å². The molecule has 0 atom stereocenters. The summed E-state index contributed by atoms with van der Waals surface area (Å²) in [5, 5.41) is 7.82. The topological polar surface area (TPSA) is 33.5 Å². The van der Waals surface area contributed by atoms with Gasteiger partial charge in [-0.25, -0.2) is 4.98 Å². The number of hydrogen-bond acceptors (Lipinski definition) is 4. The fourth-order valence-corrected chi connectivity index (χ4v) is 19.0. The van der Waals surface area contributed by atoms with Crippen molar-refractivity contribution in [2.75, 3.05) is 9.80 Å². The maximum Gasteiger partial charge on any atom is 0.180 e. The summed E-state index contributed by atoms with van der Waals surface area (Å²) < 4.78 is 9.42. The number of ether oxygens (including phenoxy) is 1. The van der Waals surface area contributed by atoms with E-state index >= 15 is 0 Å². The van der Waals surface area contributed by atoms with E-state index in [1.165, 1.54) is 65.1 Å². The van der Waals surface area contributed by atoms with Crippen molar-refractivity contribution in [3.05, 3.63) is 272 Å². The minimum absolute atomic E-state index is 0. The third-order valence-corrected chi connectivity index (χ3v) is 23.1. The third-order valence-electron chi connectivity index (χ3n) is 18.2. The Balaban J connectivity index is 0.00000729. The Morgan fingerprint density at radius 1 is 0.438 bits per heavy atom. The van der Waals surface area contributed by atoms with Gasteiger partial charge in [-0.3, -0.25) is 0 Å². The van der Waals surface area contributed by atoms with Gasteiger partial charge in [0.2, 0.25) is 0 Å². The van der Waals surface area contributed by atoms with Crippen molar-refractivity contribution in [2.45, 2.75) is 105 Å². The molecule has 0 aliphatic carbocycles. The fraction of sp³-hybridized carbons (Fsp3) is 0.195. The molecule has 0 fully saturated rings. The molecule has 2 aromatic heterocycles. The van der Waals surface area contributed by atoms with Gasteiger partial charge in [-0.2, -0.15) is 12.1 Å². The van der Waals surface area contributed by atoms with Crippen molar-refractivity contribution in [1.82, 2.24) is 9.55 Å². The van der Waals surface area contributed by atoms with Gasteiger partial charge in [-0.1, -0.05) is 252 Å². The van der Waals surface area contributed by atoms with Crippen LogP contribution >= 0.6 is 0 Å². The number of pyridine rings is 1. The molecule has 0 bridgehead atoms. The van der Waals surface area contributed by atoms with Crippen LogP contribution in [0, 0.1) is 18.8 Å². The predicted molar refractivity (Wildman–Crippen MR) is 373 cm³/mol. The van der Waals surface area contributed by atoms with Gasteiger partial charge in [-0.05, 0) is 123 Å². The summed E-state index contributed by atoms with van der Waals surface area (Å²) >= 11 is 0. The first kappa shape index (κ1) is 59.4. The molecule has 0 amide bonds. The van der Waals surface area contributed by atoms with E-state index in [-0.39, 0.29) is 42.7 Å². The van der Waals surface area contributed by atoms with Crippen LogP contribution in [0.1, 0.15) is 105 Å². The molecule has 0 spiro atoms. The minimum atomic E-state index is -2.95. The van der Waals surface area contributed by atoms with E-state index in [1.54, 1.807) is 0 Å². The van der Waals surface area contributed by atoms with Crippen LogP contribution in [0.3, 0.4) is 0 Å². The van der Waals surface area contributed by atoms with E-state index in [9.17, 15) is 0 Å². The molecule has 7 heteroatoms. The van der Waals surface area contributed by atoms with E-state index in [0.29, 0.717) is 11.5 Å². The first-order chi connectivity index (χ1) is 42.2. The largest absolute Gasteiger partial charge is 0.509 e. The second-order valence-corrected chi connectivity index (χ2v) is 31.9. The molecule has 0 N–H and O–H groups in total. The van der Waals surface area contributed by atoms with Crippen LogP contribution in [-0.4, -0.2) is 17.6 Å². The number of rotatable bonds is 9. The van der Waals surface area contributed by atoms with E-state index < -0.39 is 8.07 Å². The maximum absolute atomic E-state index is 7.09. The number of aromatic nitrogens is 2. The zero-order valence-corrected chi connectivity index (χ0v) is 56.3. The zero-order valence-electron chi connectivity index (χ0n) is 53.0. The van der Waals surface area contributed by atoms with Gasteiger partial charge in [0.25, 0.3) is 0 Å². The first-order valence-corrected chi connectivity index (χ1v) is 33.0.